The zero-order valence-corrected chi connectivity index (χ0v) is 22.9. The lowest BCUT2D eigenvalue weighted by atomic mass is 10.2. The third kappa shape index (κ3) is 9.89. The molecular weight excluding hydrogens is 537 g/mol. The van der Waals surface area contributed by atoms with Gasteiger partial charge in [0.15, 0.2) is 6.29 Å². The molecular formula is C30H33F3N4O4. The van der Waals surface area contributed by atoms with E-state index in [4.69, 9.17) is 4.74 Å². The number of carbonyl (C=O) groups is 3. The minimum absolute atomic E-state index is 0.0735. The lowest BCUT2D eigenvalue weighted by molar-refractivity contribution is -0.122. The van der Waals surface area contributed by atoms with E-state index in [2.05, 4.69) is 18.5 Å². The molecule has 0 aromatic heterocycles. The molecule has 1 unspecified atom stereocenters. The average Bonchev–Trinajstić information content (AvgIpc) is 2.95. The Bertz CT molecular complexity index is 1260. The summed E-state index contributed by atoms with van der Waals surface area (Å²) >= 11 is 0. The van der Waals surface area contributed by atoms with Crippen molar-refractivity contribution < 1.29 is 32.3 Å². The Labute approximate surface area is 237 Å². The first-order valence-electron chi connectivity index (χ1n) is 12.5. The Hall–Kier alpha value is -4.48. The number of allylic oxidation sites excluding steroid dienone is 2. The Morgan fingerprint density at radius 3 is 2.32 bits per heavy atom. The highest BCUT2D eigenvalue weighted by atomic mass is 19.1. The molecule has 0 heterocycles. The number of ether oxygens (including phenoxy) is 1. The van der Waals surface area contributed by atoms with Crippen LogP contribution in [0.3, 0.4) is 0 Å². The first-order valence-corrected chi connectivity index (χ1v) is 12.5. The Morgan fingerprint density at radius 1 is 1.10 bits per heavy atom. The molecule has 8 nitrogen and oxygen atoms in total. The summed E-state index contributed by atoms with van der Waals surface area (Å²) in [5.41, 5.74) is 0.0161. The number of hydrazine groups is 1. The fourth-order valence-corrected chi connectivity index (χ4v) is 3.49. The van der Waals surface area contributed by atoms with Crippen molar-refractivity contribution in [1.29, 1.82) is 0 Å². The van der Waals surface area contributed by atoms with E-state index in [0.717, 1.165) is 6.08 Å². The molecule has 1 atom stereocenters. The van der Waals surface area contributed by atoms with Crippen molar-refractivity contribution in [3.8, 4) is 0 Å². The predicted molar refractivity (Wildman–Crippen MR) is 149 cm³/mol. The number of nitrogens with zero attached hydrogens (tertiary/aromatic N) is 3. The van der Waals surface area contributed by atoms with Crippen molar-refractivity contribution in [2.24, 2.45) is 0 Å². The second kappa shape index (κ2) is 16.6. The number of halogens is 3. The zero-order valence-electron chi connectivity index (χ0n) is 22.9. The molecule has 1 amide bonds. The van der Waals surface area contributed by atoms with Crippen LogP contribution in [0.1, 0.15) is 18.1 Å². The van der Waals surface area contributed by atoms with Gasteiger partial charge in [-0.25, -0.2) is 13.2 Å². The highest BCUT2D eigenvalue weighted by molar-refractivity contribution is 5.91. The maximum Gasteiger partial charge on any atom is 0.288 e. The summed E-state index contributed by atoms with van der Waals surface area (Å²) < 4.78 is 47.5. The van der Waals surface area contributed by atoms with Crippen molar-refractivity contribution >= 4 is 18.5 Å². The SMILES string of the molecule is C=CCN(CN(C)C(C)C=C)N(/C=C(/OCc1ccccc1)C(=O)NCc1c(F)cc(F)cc1F)/C(C=O)=C\C=O. The van der Waals surface area contributed by atoms with Crippen molar-refractivity contribution in [3.63, 3.8) is 0 Å². The van der Waals surface area contributed by atoms with Crippen LogP contribution in [-0.4, -0.2) is 59.7 Å². The first-order chi connectivity index (χ1) is 19.6. The highest BCUT2D eigenvalue weighted by Gasteiger charge is 2.23. The van der Waals surface area contributed by atoms with Crippen LogP contribution in [0, 0.1) is 17.5 Å². The van der Waals surface area contributed by atoms with Gasteiger partial charge in [0.25, 0.3) is 5.91 Å². The Balaban J connectivity index is 2.53. The number of carbonyl (C=O) groups excluding carboxylic acids is 3. The predicted octanol–water partition coefficient (Wildman–Crippen LogP) is 4.23. The molecule has 11 heteroatoms. The van der Waals surface area contributed by atoms with Gasteiger partial charge < -0.3 is 10.1 Å². The summed E-state index contributed by atoms with van der Waals surface area (Å²) in [5, 5.41) is 5.23. The molecule has 2 aromatic rings. The van der Waals surface area contributed by atoms with E-state index < -0.39 is 35.5 Å². The van der Waals surface area contributed by atoms with Crippen LogP contribution in [0.25, 0.3) is 0 Å². The number of aldehydes is 2. The monoisotopic (exact) mass is 570 g/mol. The van der Waals surface area contributed by atoms with Gasteiger partial charge in [0.1, 0.15) is 36.0 Å². The van der Waals surface area contributed by atoms with Crippen LogP contribution in [0.15, 0.2) is 91.5 Å². The summed E-state index contributed by atoms with van der Waals surface area (Å²) in [5.74, 6) is -4.68. The molecule has 0 aliphatic heterocycles. The minimum atomic E-state index is -1.17. The van der Waals surface area contributed by atoms with E-state index in [0.29, 0.717) is 30.3 Å². The molecule has 2 rings (SSSR count). The third-order valence-corrected chi connectivity index (χ3v) is 5.92. The minimum Gasteiger partial charge on any atom is -0.482 e. The number of hydrogen-bond donors (Lipinski definition) is 1. The largest absolute Gasteiger partial charge is 0.482 e. The standard InChI is InChI=1S/C30H33F3N4O4/c1-5-13-36(21-35(4)22(3)6-2)37(25(19-39)12-14-38)18-29(41-20-23-10-8-7-9-11-23)30(40)34-17-26-27(32)15-24(31)16-28(26)33/h5-12,14-16,18-19,22H,1-2,13,17,20-21H2,3-4H3,(H,34,40)/b25-12-,29-18+. The molecule has 218 valence electrons. The molecule has 2 aromatic carbocycles. The second-order valence-electron chi connectivity index (χ2n) is 8.84. The highest BCUT2D eigenvalue weighted by Crippen LogP contribution is 2.17. The number of rotatable bonds is 17. The smallest absolute Gasteiger partial charge is 0.288 e. The number of benzene rings is 2. The quantitative estimate of drug-likeness (QED) is 0.0762. The van der Waals surface area contributed by atoms with Crippen LogP contribution in [0.2, 0.25) is 0 Å². The third-order valence-electron chi connectivity index (χ3n) is 5.92. The number of likely N-dealkylation sites (N-methyl/N-ethyl adjacent to an activating group) is 1. The number of hydrogen-bond acceptors (Lipinski definition) is 7. The van der Waals surface area contributed by atoms with Gasteiger partial charge in [0, 0.05) is 42.9 Å². The lowest BCUT2D eigenvalue weighted by Crippen LogP contribution is -2.47. The van der Waals surface area contributed by atoms with Crippen molar-refractivity contribution in [3.05, 3.63) is 120 Å². The van der Waals surface area contributed by atoms with Gasteiger partial charge in [-0.15, -0.1) is 13.2 Å². The van der Waals surface area contributed by atoms with E-state index in [-0.39, 0.29) is 37.3 Å². The normalized spacial score (nSPS) is 12.6. The summed E-state index contributed by atoms with van der Waals surface area (Å²) in [6.07, 6.45) is 6.30. The van der Waals surface area contributed by atoms with Gasteiger partial charge in [-0.05, 0) is 19.5 Å². The molecule has 0 saturated carbocycles. The molecule has 0 spiro atoms. The van der Waals surface area contributed by atoms with Crippen molar-refractivity contribution in [2.75, 3.05) is 20.3 Å². The molecule has 0 aliphatic carbocycles. The fourth-order valence-electron chi connectivity index (χ4n) is 3.49. The number of nitrogens with one attached hydrogen (secondary N) is 1. The fraction of sp³-hybridized carbons (Fsp3) is 0.233. The van der Waals surface area contributed by atoms with Crippen LogP contribution >= 0.6 is 0 Å². The topological polar surface area (TPSA) is 82.2 Å². The maximum atomic E-state index is 14.2. The number of amides is 1. The van der Waals surface area contributed by atoms with Gasteiger partial charge in [-0.3, -0.25) is 24.3 Å². The average molecular weight is 571 g/mol. The summed E-state index contributed by atoms with van der Waals surface area (Å²) in [7, 11) is 1.81. The van der Waals surface area contributed by atoms with E-state index >= 15 is 0 Å². The maximum absolute atomic E-state index is 14.2. The van der Waals surface area contributed by atoms with E-state index in [1.165, 1.54) is 11.2 Å². The van der Waals surface area contributed by atoms with Crippen LogP contribution in [0.5, 0.6) is 0 Å². The molecule has 0 aliphatic rings. The van der Waals surface area contributed by atoms with Gasteiger partial charge in [0.2, 0.25) is 5.76 Å². The van der Waals surface area contributed by atoms with E-state index in [9.17, 15) is 27.6 Å². The summed E-state index contributed by atoms with van der Waals surface area (Å²) in [6, 6.07) is 9.79. The molecule has 41 heavy (non-hydrogen) atoms. The summed E-state index contributed by atoms with van der Waals surface area (Å²) in [4.78, 5) is 38.6. The first kappa shape index (κ1) is 32.7. The van der Waals surface area contributed by atoms with Crippen molar-refractivity contribution in [1.82, 2.24) is 20.2 Å². The van der Waals surface area contributed by atoms with E-state index in [1.807, 2.05) is 11.8 Å². The van der Waals surface area contributed by atoms with Crippen LogP contribution in [-0.2, 0) is 32.3 Å². The lowest BCUT2D eigenvalue weighted by Gasteiger charge is -2.37. The molecule has 0 bridgehead atoms. The Morgan fingerprint density at radius 2 is 1.76 bits per heavy atom. The van der Waals surface area contributed by atoms with Crippen LogP contribution in [0.4, 0.5) is 13.2 Å². The van der Waals surface area contributed by atoms with Gasteiger partial charge in [-0.1, -0.05) is 42.5 Å². The van der Waals surface area contributed by atoms with Gasteiger partial charge in [0.05, 0.1) is 12.9 Å². The van der Waals surface area contributed by atoms with Crippen molar-refractivity contribution in [2.45, 2.75) is 26.1 Å². The summed E-state index contributed by atoms with van der Waals surface area (Å²) in [6.45, 7) is 9.10. The molecule has 0 radical (unpaired) electrons. The van der Waals surface area contributed by atoms with Crippen LogP contribution < -0.4 is 5.32 Å². The van der Waals surface area contributed by atoms with E-state index in [1.54, 1.807) is 54.5 Å². The second-order valence-corrected chi connectivity index (χ2v) is 8.84. The Kier molecular flexibility index (Phi) is 13.2. The van der Waals surface area contributed by atoms with Gasteiger partial charge in [-0.2, -0.15) is 5.01 Å². The molecule has 1 N–H and O–H groups in total. The molecule has 0 saturated heterocycles. The molecule has 0 fully saturated rings. The van der Waals surface area contributed by atoms with Gasteiger partial charge >= 0.3 is 0 Å². The zero-order chi connectivity index (χ0) is 30.4.